The van der Waals surface area contributed by atoms with E-state index in [2.05, 4.69) is 4.84 Å². The quantitative estimate of drug-likeness (QED) is 0.541. The predicted octanol–water partition coefficient (Wildman–Crippen LogP) is 5.03. The van der Waals surface area contributed by atoms with Gasteiger partial charge in [0.05, 0.1) is 11.1 Å². The van der Waals surface area contributed by atoms with E-state index in [0.29, 0.717) is 5.56 Å². The van der Waals surface area contributed by atoms with E-state index in [1.807, 2.05) is 5.48 Å². The summed E-state index contributed by atoms with van der Waals surface area (Å²) in [7, 11) is 0. The number of carbonyl (C=O) groups is 2. The number of carbonyl (C=O) groups excluding carboxylic acids is 2. The van der Waals surface area contributed by atoms with E-state index in [1.54, 1.807) is 0 Å². The first-order valence-corrected chi connectivity index (χ1v) is 7.98. The van der Waals surface area contributed by atoms with Gasteiger partial charge in [0.1, 0.15) is 0 Å². The molecule has 26 heavy (non-hydrogen) atoms. The Morgan fingerprint density at radius 2 is 1.27 bits per heavy atom. The van der Waals surface area contributed by atoms with Crippen molar-refractivity contribution >= 4 is 46.7 Å². The second kappa shape index (κ2) is 7.73. The van der Waals surface area contributed by atoms with Crippen molar-refractivity contribution < 1.29 is 27.6 Å². The lowest BCUT2D eigenvalue weighted by atomic mass is 10.1. The topological polar surface area (TPSA) is 55.4 Å². The molecule has 0 aromatic heterocycles. The van der Waals surface area contributed by atoms with Gasteiger partial charge >= 0.3 is 12.1 Å². The van der Waals surface area contributed by atoms with E-state index in [0.717, 1.165) is 24.3 Å². The fraction of sp³-hybridized carbons (Fsp3) is 0.125. The molecule has 0 radical (unpaired) electrons. The lowest BCUT2D eigenvalue weighted by Crippen LogP contribution is -2.27. The maximum atomic E-state index is 12.5. The first-order chi connectivity index (χ1) is 12.0. The van der Waals surface area contributed by atoms with Gasteiger partial charge in [-0.3, -0.25) is 4.79 Å². The molecule has 0 saturated heterocycles. The highest BCUT2D eigenvalue weighted by atomic mass is 35.6. The highest BCUT2D eigenvalue weighted by Crippen LogP contribution is 2.38. The smallest absolute Gasteiger partial charge is 0.335 e. The van der Waals surface area contributed by atoms with Gasteiger partial charge in [0, 0.05) is 11.1 Å². The summed E-state index contributed by atoms with van der Waals surface area (Å²) in [6, 6.07) is 8.83. The van der Waals surface area contributed by atoms with E-state index < -0.39 is 27.4 Å². The molecule has 1 amide bonds. The zero-order valence-electron chi connectivity index (χ0n) is 12.6. The second-order valence-electron chi connectivity index (χ2n) is 4.97. The number of benzene rings is 2. The summed E-state index contributed by atoms with van der Waals surface area (Å²) in [6.07, 6.45) is -4.51. The first kappa shape index (κ1) is 20.4. The molecule has 10 heteroatoms. The minimum absolute atomic E-state index is 0.0655. The predicted molar refractivity (Wildman–Crippen MR) is 90.0 cm³/mol. The van der Waals surface area contributed by atoms with Crippen molar-refractivity contribution in [3.05, 3.63) is 70.8 Å². The summed E-state index contributed by atoms with van der Waals surface area (Å²) in [5, 5.41) is 0. The molecule has 0 saturated carbocycles. The highest BCUT2D eigenvalue weighted by Gasteiger charge is 2.30. The molecular formula is C16H9Cl3F3NO3. The van der Waals surface area contributed by atoms with E-state index in [4.69, 9.17) is 34.8 Å². The Morgan fingerprint density at radius 1 is 0.808 bits per heavy atom. The monoisotopic (exact) mass is 425 g/mol. The van der Waals surface area contributed by atoms with E-state index >= 15 is 0 Å². The number of halogens is 6. The summed E-state index contributed by atoms with van der Waals surface area (Å²) >= 11 is 17.1. The van der Waals surface area contributed by atoms with E-state index in [1.165, 1.54) is 24.3 Å². The average Bonchev–Trinajstić information content (AvgIpc) is 2.58. The molecule has 1 N–H and O–H groups in total. The minimum atomic E-state index is -4.51. The molecule has 2 rings (SSSR count). The molecule has 0 atom stereocenters. The van der Waals surface area contributed by atoms with Crippen LogP contribution < -0.4 is 5.48 Å². The fourth-order valence-electron chi connectivity index (χ4n) is 1.82. The van der Waals surface area contributed by atoms with Gasteiger partial charge in [-0.15, -0.1) is 0 Å². The molecule has 0 fully saturated rings. The summed E-state index contributed by atoms with van der Waals surface area (Å²) in [4.78, 5) is 28.3. The molecular weight excluding hydrogens is 418 g/mol. The SMILES string of the molecule is O=C(NOC(=O)c1ccc(C(Cl)(Cl)Cl)cc1)c1ccc(C(F)(F)F)cc1. The molecule has 0 unspecified atom stereocenters. The van der Waals surface area contributed by atoms with Crippen LogP contribution in [-0.2, 0) is 14.8 Å². The van der Waals surface area contributed by atoms with E-state index in [9.17, 15) is 22.8 Å². The van der Waals surface area contributed by atoms with Gasteiger partial charge in [-0.2, -0.15) is 18.7 Å². The summed E-state index contributed by atoms with van der Waals surface area (Å²) in [6.45, 7) is 0. The zero-order valence-corrected chi connectivity index (χ0v) is 14.9. The molecule has 0 bridgehead atoms. The van der Waals surface area contributed by atoms with Crippen molar-refractivity contribution in [2.24, 2.45) is 0 Å². The third-order valence-electron chi connectivity index (χ3n) is 3.16. The largest absolute Gasteiger partial charge is 0.416 e. The normalized spacial score (nSPS) is 11.8. The maximum absolute atomic E-state index is 12.5. The van der Waals surface area contributed by atoms with Crippen molar-refractivity contribution in [2.45, 2.75) is 9.97 Å². The second-order valence-corrected chi connectivity index (χ2v) is 7.25. The van der Waals surface area contributed by atoms with Crippen LogP contribution in [0.3, 0.4) is 0 Å². The number of alkyl halides is 6. The fourth-order valence-corrected chi connectivity index (χ4v) is 2.19. The summed E-state index contributed by atoms with van der Waals surface area (Å²) in [5.74, 6) is -1.79. The van der Waals surface area contributed by atoms with Crippen molar-refractivity contribution in [3.8, 4) is 0 Å². The van der Waals surface area contributed by atoms with Crippen LogP contribution >= 0.6 is 34.8 Å². The van der Waals surface area contributed by atoms with Gasteiger partial charge in [0.25, 0.3) is 5.91 Å². The Morgan fingerprint density at radius 3 is 1.73 bits per heavy atom. The van der Waals surface area contributed by atoms with Crippen molar-refractivity contribution in [2.75, 3.05) is 0 Å². The third kappa shape index (κ3) is 5.27. The minimum Gasteiger partial charge on any atom is -0.335 e. The molecule has 0 spiro atoms. The molecule has 2 aromatic carbocycles. The molecule has 0 aliphatic heterocycles. The van der Waals surface area contributed by atoms with Crippen molar-refractivity contribution in [1.29, 1.82) is 0 Å². The van der Waals surface area contributed by atoms with E-state index in [-0.39, 0.29) is 11.1 Å². The first-order valence-electron chi connectivity index (χ1n) is 6.84. The third-order valence-corrected chi connectivity index (χ3v) is 3.81. The van der Waals surface area contributed by atoms with Gasteiger partial charge in [-0.25, -0.2) is 4.79 Å². The maximum Gasteiger partial charge on any atom is 0.416 e. The number of amides is 1. The lowest BCUT2D eigenvalue weighted by Gasteiger charge is -2.11. The van der Waals surface area contributed by atoms with Crippen LogP contribution in [-0.4, -0.2) is 11.9 Å². The highest BCUT2D eigenvalue weighted by molar-refractivity contribution is 6.66. The Balaban J connectivity index is 1.97. The number of hydrogen-bond acceptors (Lipinski definition) is 3. The van der Waals surface area contributed by atoms with Crippen LogP contribution in [0, 0.1) is 0 Å². The summed E-state index contributed by atoms with van der Waals surface area (Å²) in [5.41, 5.74) is 1.23. The number of rotatable bonds is 2. The van der Waals surface area contributed by atoms with Crippen molar-refractivity contribution in [3.63, 3.8) is 0 Å². The van der Waals surface area contributed by atoms with Gasteiger partial charge in [0.15, 0.2) is 0 Å². The van der Waals surface area contributed by atoms with Crippen LogP contribution in [0.25, 0.3) is 0 Å². The molecule has 4 nitrogen and oxygen atoms in total. The van der Waals surface area contributed by atoms with Gasteiger partial charge in [-0.1, -0.05) is 46.9 Å². The van der Waals surface area contributed by atoms with Gasteiger partial charge in [0.2, 0.25) is 3.79 Å². The standard InChI is InChI=1S/C16H9Cl3F3NO3/c17-15(18,19)11-5-3-10(4-6-11)14(25)26-23-13(24)9-1-7-12(8-2-9)16(20,21)22/h1-8H,(H,23,24). The Labute approximate surface area is 160 Å². The van der Waals surface area contributed by atoms with Crippen molar-refractivity contribution in [1.82, 2.24) is 5.48 Å². The van der Waals surface area contributed by atoms with Gasteiger partial charge < -0.3 is 4.84 Å². The molecule has 0 aliphatic carbocycles. The van der Waals surface area contributed by atoms with Crippen LogP contribution in [0.5, 0.6) is 0 Å². The summed E-state index contributed by atoms with van der Waals surface area (Å²) < 4.78 is 35.8. The molecule has 0 heterocycles. The zero-order chi connectivity index (χ0) is 19.5. The Kier molecular flexibility index (Phi) is 6.05. The lowest BCUT2D eigenvalue weighted by molar-refractivity contribution is -0.137. The van der Waals surface area contributed by atoms with Crippen LogP contribution in [0.2, 0.25) is 0 Å². The van der Waals surface area contributed by atoms with Crippen LogP contribution in [0.15, 0.2) is 48.5 Å². The average molecular weight is 427 g/mol. The van der Waals surface area contributed by atoms with Crippen LogP contribution in [0.1, 0.15) is 31.8 Å². The number of nitrogens with one attached hydrogen (secondary N) is 1. The van der Waals surface area contributed by atoms with Crippen LogP contribution in [0.4, 0.5) is 13.2 Å². The Hall–Kier alpha value is -1.96. The molecule has 2 aromatic rings. The number of hydroxylamine groups is 1. The molecule has 138 valence electrons. The number of hydrogen-bond donors (Lipinski definition) is 1. The Bertz CT molecular complexity index is 731. The molecule has 0 aliphatic rings. The van der Waals surface area contributed by atoms with Gasteiger partial charge in [-0.05, 0) is 36.4 Å².